The predicted molar refractivity (Wildman–Crippen MR) is 167 cm³/mol. The zero-order chi connectivity index (χ0) is 35.0. The van der Waals surface area contributed by atoms with E-state index in [1.165, 1.54) is 0 Å². The molecule has 18 atom stereocenters. The maximum Gasteiger partial charge on any atom is 0.331 e. The summed E-state index contributed by atoms with van der Waals surface area (Å²) in [5.74, 6) is 0.104. The summed E-state index contributed by atoms with van der Waals surface area (Å²) < 4.78 is 28.7. The summed E-state index contributed by atoms with van der Waals surface area (Å²) in [5.41, 5.74) is -0.641. The number of hydrogen-bond donors (Lipinski definition) is 8. The smallest absolute Gasteiger partial charge is 0.331 e. The first-order valence-corrected chi connectivity index (χ1v) is 18.1. The van der Waals surface area contributed by atoms with Crippen molar-refractivity contribution in [3.05, 3.63) is 11.6 Å². The first kappa shape index (κ1) is 36.1. The SMILES string of the molecule is C[C@@H]1O[C@H](O[C@@H]2CC[C@@]3(CO)[C@H](CC[C@H]4[C@@H]3CC[C@]3(C)[C@@H](C5=CC(=O)OC5)CC[C@]43O)C2)[C@H](O)[C@H](O)[C@H]1O[C@H]1O[C@@H](CO)[C@H](O)[C@@H](O)[C@@H]1O. The molecule has 14 heteroatoms. The molecule has 3 aliphatic heterocycles. The van der Waals surface area contributed by atoms with Crippen molar-refractivity contribution in [3.8, 4) is 0 Å². The number of aliphatic hydroxyl groups excluding tert-OH is 7. The molecule has 0 aromatic heterocycles. The Bertz CT molecular complexity index is 1260. The van der Waals surface area contributed by atoms with E-state index in [2.05, 4.69) is 6.92 Å². The molecule has 278 valence electrons. The van der Waals surface area contributed by atoms with Gasteiger partial charge in [0.15, 0.2) is 12.6 Å². The van der Waals surface area contributed by atoms with E-state index in [-0.39, 0.29) is 53.2 Å². The zero-order valence-electron chi connectivity index (χ0n) is 28.3. The summed E-state index contributed by atoms with van der Waals surface area (Å²) in [6.45, 7) is 3.47. The summed E-state index contributed by atoms with van der Waals surface area (Å²) in [7, 11) is 0. The molecule has 4 saturated carbocycles. The molecule has 0 radical (unpaired) electrons. The van der Waals surface area contributed by atoms with Gasteiger partial charge in [0.1, 0.15) is 49.3 Å². The molecule has 0 aromatic rings. The van der Waals surface area contributed by atoms with E-state index in [1.807, 2.05) is 0 Å². The zero-order valence-corrected chi connectivity index (χ0v) is 28.3. The molecule has 2 saturated heterocycles. The van der Waals surface area contributed by atoms with Crippen molar-refractivity contribution < 1.29 is 69.3 Å². The monoisotopic (exact) mass is 698 g/mol. The van der Waals surface area contributed by atoms with Gasteiger partial charge in [-0.1, -0.05) is 6.92 Å². The normalized spacial score (nSPS) is 54.4. The van der Waals surface area contributed by atoms with Crippen LogP contribution in [0, 0.1) is 34.5 Å². The molecule has 0 aromatic carbocycles. The van der Waals surface area contributed by atoms with Crippen LogP contribution in [0.3, 0.4) is 0 Å². The highest BCUT2D eigenvalue weighted by Gasteiger charge is 2.68. The molecule has 4 aliphatic carbocycles. The van der Waals surface area contributed by atoms with E-state index >= 15 is 0 Å². The summed E-state index contributed by atoms with van der Waals surface area (Å²) in [6.07, 6.45) is -5.76. The first-order chi connectivity index (χ1) is 23.3. The van der Waals surface area contributed by atoms with Gasteiger partial charge in [-0.25, -0.2) is 4.79 Å². The fourth-order valence-corrected chi connectivity index (χ4v) is 11.4. The van der Waals surface area contributed by atoms with Gasteiger partial charge in [-0.05, 0) is 99.4 Å². The first-order valence-electron chi connectivity index (χ1n) is 18.1. The highest BCUT2D eigenvalue weighted by molar-refractivity contribution is 5.85. The van der Waals surface area contributed by atoms with Crippen LogP contribution in [0.15, 0.2) is 11.6 Å². The summed E-state index contributed by atoms with van der Waals surface area (Å²) in [5, 5.41) is 85.8. The van der Waals surface area contributed by atoms with E-state index in [1.54, 1.807) is 13.0 Å². The van der Waals surface area contributed by atoms with Gasteiger partial charge in [-0.3, -0.25) is 0 Å². The van der Waals surface area contributed by atoms with Gasteiger partial charge in [0.2, 0.25) is 0 Å². The van der Waals surface area contributed by atoms with Gasteiger partial charge in [-0.15, -0.1) is 0 Å². The van der Waals surface area contributed by atoms with Gasteiger partial charge in [-0.2, -0.15) is 0 Å². The number of cyclic esters (lactones) is 1. The molecular formula is C35H54O14. The molecule has 0 amide bonds. The number of aliphatic hydroxyl groups is 8. The van der Waals surface area contributed by atoms with Crippen LogP contribution in [0.1, 0.15) is 71.6 Å². The standard InChI is InChI=1S/C35H54O14/c1-16-30(49-32-28(42)26(40)25(39)23(13-36)48-32)27(41)29(43)31(46-16)47-19-5-9-34(15-37)18(12-19)3-4-22-21(34)6-8-33(2)20(7-10-35(22,33)44)17-11-24(38)45-14-17/h11,16,18-23,25-32,36-37,39-44H,3-10,12-15H2,1-2H3/t16-,18+,19+,20+,21-,22-,23-,25-,26+,27-,28-,29+,30-,31+,32+,33+,34+,35-/m0/s1. The van der Waals surface area contributed by atoms with Gasteiger partial charge in [0, 0.05) is 18.1 Å². The molecule has 0 bridgehead atoms. The number of carbonyl (C=O) groups is 1. The van der Waals surface area contributed by atoms with E-state index in [9.17, 15) is 45.6 Å². The second-order valence-corrected chi connectivity index (χ2v) is 16.2. The minimum atomic E-state index is -1.67. The molecule has 14 nitrogen and oxygen atoms in total. The molecule has 0 unspecified atom stereocenters. The van der Waals surface area contributed by atoms with Crippen LogP contribution in [0.25, 0.3) is 0 Å². The van der Waals surface area contributed by atoms with Crippen LogP contribution in [0.2, 0.25) is 0 Å². The minimum Gasteiger partial charge on any atom is -0.458 e. The van der Waals surface area contributed by atoms with Crippen LogP contribution < -0.4 is 0 Å². The van der Waals surface area contributed by atoms with Crippen molar-refractivity contribution in [1.29, 1.82) is 0 Å². The van der Waals surface area contributed by atoms with E-state index < -0.39 is 73.6 Å². The van der Waals surface area contributed by atoms with E-state index in [0.717, 1.165) is 37.7 Å². The number of esters is 1. The average molecular weight is 699 g/mol. The van der Waals surface area contributed by atoms with Gasteiger partial charge >= 0.3 is 5.97 Å². The van der Waals surface area contributed by atoms with Crippen molar-refractivity contribution in [2.45, 2.75) is 145 Å². The Morgan fingerprint density at radius 1 is 0.837 bits per heavy atom. The molecule has 7 aliphatic rings. The lowest BCUT2D eigenvalue weighted by Gasteiger charge is -2.64. The van der Waals surface area contributed by atoms with Crippen LogP contribution in [0.5, 0.6) is 0 Å². The van der Waals surface area contributed by atoms with Crippen molar-refractivity contribution in [3.63, 3.8) is 0 Å². The second kappa shape index (κ2) is 13.3. The van der Waals surface area contributed by atoms with Gasteiger partial charge in [0.25, 0.3) is 0 Å². The Hall–Kier alpha value is -1.27. The third-order valence-corrected chi connectivity index (χ3v) is 14.2. The van der Waals surface area contributed by atoms with Gasteiger partial charge < -0.3 is 64.5 Å². The van der Waals surface area contributed by atoms with Crippen LogP contribution in [-0.2, 0) is 28.5 Å². The maximum absolute atomic E-state index is 12.5. The highest BCUT2D eigenvalue weighted by Crippen LogP contribution is 2.70. The van der Waals surface area contributed by atoms with Crippen LogP contribution in [0.4, 0.5) is 0 Å². The van der Waals surface area contributed by atoms with E-state index in [0.29, 0.717) is 32.3 Å². The number of ether oxygens (including phenoxy) is 5. The fourth-order valence-electron chi connectivity index (χ4n) is 11.4. The molecular weight excluding hydrogens is 644 g/mol. The lowest BCUT2D eigenvalue weighted by Crippen LogP contribution is -2.64. The van der Waals surface area contributed by atoms with Crippen molar-refractivity contribution in [2.75, 3.05) is 19.8 Å². The summed E-state index contributed by atoms with van der Waals surface area (Å²) in [6, 6.07) is 0. The Morgan fingerprint density at radius 2 is 1.57 bits per heavy atom. The van der Waals surface area contributed by atoms with Crippen molar-refractivity contribution in [2.24, 2.45) is 34.5 Å². The molecule has 6 fully saturated rings. The summed E-state index contributed by atoms with van der Waals surface area (Å²) >= 11 is 0. The fraction of sp³-hybridized carbons (Fsp3) is 0.914. The topological polar surface area (TPSA) is 225 Å². The number of hydrogen-bond acceptors (Lipinski definition) is 14. The Morgan fingerprint density at radius 3 is 2.27 bits per heavy atom. The molecule has 7 rings (SSSR count). The number of carbonyl (C=O) groups excluding carboxylic acids is 1. The maximum atomic E-state index is 12.5. The lowest BCUT2D eigenvalue weighted by atomic mass is 9.43. The number of fused-ring (bicyclic) bond motifs is 5. The molecule has 0 spiro atoms. The lowest BCUT2D eigenvalue weighted by molar-refractivity contribution is -0.360. The molecule has 3 heterocycles. The largest absolute Gasteiger partial charge is 0.458 e. The number of rotatable bonds is 7. The van der Waals surface area contributed by atoms with Crippen molar-refractivity contribution >= 4 is 5.97 Å². The average Bonchev–Trinajstić information content (AvgIpc) is 3.64. The predicted octanol–water partition coefficient (Wildman–Crippen LogP) is -0.747. The third-order valence-electron chi connectivity index (χ3n) is 14.2. The minimum absolute atomic E-state index is 0.0184. The van der Waals surface area contributed by atoms with Crippen LogP contribution >= 0.6 is 0 Å². The van der Waals surface area contributed by atoms with E-state index in [4.69, 9.17) is 23.7 Å². The van der Waals surface area contributed by atoms with Crippen molar-refractivity contribution in [1.82, 2.24) is 0 Å². The molecule has 49 heavy (non-hydrogen) atoms. The Kier molecular flexibility index (Phi) is 9.80. The summed E-state index contributed by atoms with van der Waals surface area (Å²) in [4.78, 5) is 11.9. The highest BCUT2D eigenvalue weighted by atomic mass is 16.7. The Labute approximate surface area is 285 Å². The Balaban J connectivity index is 0.995. The second-order valence-electron chi connectivity index (χ2n) is 16.2. The van der Waals surface area contributed by atoms with Gasteiger partial charge in [0.05, 0.1) is 24.4 Å². The quantitative estimate of drug-likeness (QED) is 0.121. The van der Waals surface area contributed by atoms with Crippen LogP contribution in [-0.4, -0.2) is 140 Å². The molecule has 8 N–H and O–H groups in total. The third kappa shape index (κ3) is 5.64.